The summed E-state index contributed by atoms with van der Waals surface area (Å²) in [6, 6.07) is 9.98. The second-order valence-corrected chi connectivity index (χ2v) is 8.00. The number of nitrogens with one attached hydrogen (secondary N) is 1. The molecule has 1 N–H and O–H groups in total. The lowest BCUT2D eigenvalue weighted by atomic mass is 10.1. The predicted molar refractivity (Wildman–Crippen MR) is 111 cm³/mol. The van der Waals surface area contributed by atoms with Gasteiger partial charge >= 0.3 is 0 Å². The number of nitrogens with zero attached hydrogens (tertiary/aromatic N) is 3. The maximum atomic E-state index is 12.6. The molecular weight excluding hydrogens is 392 g/mol. The van der Waals surface area contributed by atoms with E-state index in [-0.39, 0.29) is 22.7 Å². The average Bonchev–Trinajstić information content (AvgIpc) is 3.13. The second kappa shape index (κ2) is 8.44. The van der Waals surface area contributed by atoms with Crippen LogP contribution in [0.15, 0.2) is 46.0 Å². The second-order valence-electron chi connectivity index (χ2n) is 6.70. The van der Waals surface area contributed by atoms with E-state index >= 15 is 0 Å². The molecule has 0 radical (unpaired) electrons. The lowest BCUT2D eigenvalue weighted by molar-refractivity contribution is -0.384. The minimum Gasteiger partial charge on any atom is -0.411 e. The van der Waals surface area contributed by atoms with Crippen LogP contribution in [0.25, 0.3) is 11.5 Å². The van der Waals surface area contributed by atoms with Crippen LogP contribution < -0.4 is 5.32 Å². The smallest absolute Gasteiger partial charge is 0.277 e. The number of thioether (sulfide) groups is 1. The summed E-state index contributed by atoms with van der Waals surface area (Å²) in [4.78, 5) is 23.0. The van der Waals surface area contributed by atoms with Crippen LogP contribution >= 0.6 is 11.8 Å². The topological polar surface area (TPSA) is 111 Å². The van der Waals surface area contributed by atoms with Gasteiger partial charge in [0, 0.05) is 23.4 Å². The molecular formula is C20H20N4O4S. The minimum atomic E-state index is -0.489. The number of amides is 1. The van der Waals surface area contributed by atoms with E-state index in [1.165, 1.54) is 12.1 Å². The Labute approximate surface area is 171 Å². The highest BCUT2D eigenvalue weighted by atomic mass is 32.2. The van der Waals surface area contributed by atoms with Crippen LogP contribution in [-0.4, -0.2) is 26.3 Å². The summed E-state index contributed by atoms with van der Waals surface area (Å²) in [6.45, 7) is 7.67. The fraction of sp³-hybridized carbons (Fsp3) is 0.250. The van der Waals surface area contributed by atoms with E-state index in [1.54, 1.807) is 19.1 Å². The van der Waals surface area contributed by atoms with E-state index in [0.29, 0.717) is 5.56 Å². The Morgan fingerprint density at radius 3 is 2.52 bits per heavy atom. The third kappa shape index (κ3) is 4.80. The number of carbonyl (C=O) groups is 1. The van der Waals surface area contributed by atoms with Crippen LogP contribution in [-0.2, 0) is 4.79 Å². The van der Waals surface area contributed by atoms with Crippen molar-refractivity contribution in [3.05, 3.63) is 63.2 Å². The molecule has 9 heteroatoms. The Balaban J connectivity index is 1.70. The number of hydrogen-bond acceptors (Lipinski definition) is 7. The Kier molecular flexibility index (Phi) is 5.97. The quantitative estimate of drug-likeness (QED) is 0.355. The molecule has 1 amide bonds. The summed E-state index contributed by atoms with van der Waals surface area (Å²) in [6.07, 6.45) is 0. The first-order valence-corrected chi connectivity index (χ1v) is 9.76. The van der Waals surface area contributed by atoms with Crippen molar-refractivity contribution in [2.75, 3.05) is 5.32 Å². The SMILES string of the molecule is Cc1cc(C)c(NC(=O)[C@@H](C)Sc2nnc(-c3cccc([N+](=O)[O-])c3)o2)c(C)c1. The molecule has 29 heavy (non-hydrogen) atoms. The fourth-order valence-corrected chi connectivity index (χ4v) is 3.62. The number of benzene rings is 2. The van der Waals surface area contributed by atoms with Gasteiger partial charge in [0.1, 0.15) is 0 Å². The standard InChI is InChI=1S/C20H20N4O4S/c1-11-8-12(2)17(13(3)9-11)21-18(25)14(4)29-20-23-22-19(28-20)15-6-5-7-16(10-15)24(26)27/h5-10,14H,1-4H3,(H,21,25)/t14-/m1/s1. The van der Waals surface area contributed by atoms with Crippen molar-refractivity contribution in [3.8, 4) is 11.5 Å². The van der Waals surface area contributed by atoms with Gasteiger partial charge in [0.2, 0.25) is 11.8 Å². The van der Waals surface area contributed by atoms with Crippen molar-refractivity contribution in [2.45, 2.75) is 38.2 Å². The number of hydrogen-bond donors (Lipinski definition) is 1. The van der Waals surface area contributed by atoms with Crippen LogP contribution in [0.1, 0.15) is 23.6 Å². The Morgan fingerprint density at radius 2 is 1.86 bits per heavy atom. The van der Waals surface area contributed by atoms with Crippen LogP contribution in [0.3, 0.4) is 0 Å². The third-order valence-electron chi connectivity index (χ3n) is 4.28. The van der Waals surface area contributed by atoms with Crippen LogP contribution in [0.4, 0.5) is 11.4 Å². The molecule has 0 bridgehead atoms. The molecule has 1 atom stereocenters. The van der Waals surface area contributed by atoms with Gasteiger partial charge in [-0.3, -0.25) is 14.9 Å². The zero-order valence-electron chi connectivity index (χ0n) is 16.4. The molecule has 0 unspecified atom stereocenters. The lowest BCUT2D eigenvalue weighted by Gasteiger charge is -2.15. The molecule has 0 aliphatic carbocycles. The number of anilines is 1. The first-order chi connectivity index (χ1) is 13.7. The monoisotopic (exact) mass is 412 g/mol. The number of nitro groups is 1. The third-order valence-corrected chi connectivity index (χ3v) is 5.22. The molecule has 1 heterocycles. The Hall–Kier alpha value is -3.20. The summed E-state index contributed by atoms with van der Waals surface area (Å²) in [5.41, 5.74) is 4.32. The van der Waals surface area contributed by atoms with Crippen molar-refractivity contribution in [1.82, 2.24) is 10.2 Å². The Bertz CT molecular complexity index is 1060. The van der Waals surface area contributed by atoms with E-state index in [0.717, 1.165) is 34.1 Å². The van der Waals surface area contributed by atoms with Gasteiger partial charge < -0.3 is 9.73 Å². The average molecular weight is 412 g/mol. The van der Waals surface area contributed by atoms with E-state index in [4.69, 9.17) is 4.42 Å². The molecule has 0 spiro atoms. The van der Waals surface area contributed by atoms with Crippen molar-refractivity contribution in [3.63, 3.8) is 0 Å². The van der Waals surface area contributed by atoms with Crippen LogP contribution in [0, 0.1) is 30.9 Å². The van der Waals surface area contributed by atoms with Gasteiger partial charge in [0.15, 0.2) is 0 Å². The molecule has 150 valence electrons. The van der Waals surface area contributed by atoms with Crippen molar-refractivity contribution >= 4 is 29.0 Å². The fourth-order valence-electron chi connectivity index (χ4n) is 2.93. The van der Waals surface area contributed by atoms with Gasteiger partial charge in [-0.2, -0.15) is 0 Å². The van der Waals surface area contributed by atoms with Gasteiger partial charge in [-0.25, -0.2) is 0 Å². The molecule has 2 aromatic carbocycles. The molecule has 1 aromatic heterocycles. The number of rotatable bonds is 6. The zero-order chi connectivity index (χ0) is 21.1. The van der Waals surface area contributed by atoms with E-state index < -0.39 is 10.2 Å². The normalized spacial score (nSPS) is 11.9. The van der Waals surface area contributed by atoms with Crippen LogP contribution in [0.5, 0.6) is 0 Å². The summed E-state index contributed by atoms with van der Waals surface area (Å²) in [5, 5.41) is 21.5. The van der Waals surface area contributed by atoms with Crippen molar-refractivity contribution < 1.29 is 14.1 Å². The van der Waals surface area contributed by atoms with Crippen molar-refractivity contribution in [2.24, 2.45) is 0 Å². The van der Waals surface area contributed by atoms with Crippen molar-refractivity contribution in [1.29, 1.82) is 0 Å². The summed E-state index contributed by atoms with van der Waals surface area (Å²) in [5.74, 6) is -0.0193. The van der Waals surface area contributed by atoms with E-state index in [9.17, 15) is 14.9 Å². The molecule has 3 aromatic rings. The molecule has 0 aliphatic heterocycles. The van der Waals surface area contributed by atoms with E-state index in [1.807, 2.05) is 32.9 Å². The van der Waals surface area contributed by atoms with Crippen LogP contribution in [0.2, 0.25) is 0 Å². The molecule has 3 rings (SSSR count). The summed E-state index contributed by atoms with van der Waals surface area (Å²) in [7, 11) is 0. The van der Waals surface area contributed by atoms with Gasteiger partial charge in [0.05, 0.1) is 10.2 Å². The van der Waals surface area contributed by atoms with Gasteiger partial charge in [0.25, 0.3) is 10.9 Å². The zero-order valence-corrected chi connectivity index (χ0v) is 17.2. The van der Waals surface area contributed by atoms with E-state index in [2.05, 4.69) is 15.5 Å². The molecule has 0 aliphatic rings. The van der Waals surface area contributed by atoms with Gasteiger partial charge in [-0.05, 0) is 44.9 Å². The highest BCUT2D eigenvalue weighted by Gasteiger charge is 2.20. The number of nitro benzene ring substituents is 1. The van der Waals surface area contributed by atoms with Gasteiger partial charge in [-0.15, -0.1) is 10.2 Å². The molecule has 8 nitrogen and oxygen atoms in total. The molecule has 0 fully saturated rings. The first kappa shape index (κ1) is 20.5. The summed E-state index contributed by atoms with van der Waals surface area (Å²) < 4.78 is 5.58. The summed E-state index contributed by atoms with van der Waals surface area (Å²) >= 11 is 1.13. The Morgan fingerprint density at radius 1 is 1.17 bits per heavy atom. The lowest BCUT2D eigenvalue weighted by Crippen LogP contribution is -2.23. The number of carbonyl (C=O) groups excluding carboxylic acids is 1. The largest absolute Gasteiger partial charge is 0.411 e. The maximum absolute atomic E-state index is 12.6. The predicted octanol–water partition coefficient (Wildman–Crippen LogP) is 4.69. The highest BCUT2D eigenvalue weighted by molar-refractivity contribution is 8.00. The van der Waals surface area contributed by atoms with Gasteiger partial charge in [-0.1, -0.05) is 35.5 Å². The number of aryl methyl sites for hydroxylation is 3. The highest BCUT2D eigenvalue weighted by Crippen LogP contribution is 2.29. The first-order valence-electron chi connectivity index (χ1n) is 8.88. The number of non-ortho nitro benzene ring substituents is 1. The minimum absolute atomic E-state index is 0.0634. The molecule has 0 saturated heterocycles. The molecule has 0 saturated carbocycles. The number of aromatic nitrogens is 2. The maximum Gasteiger partial charge on any atom is 0.277 e.